The van der Waals surface area contributed by atoms with E-state index in [9.17, 15) is 14.7 Å². The van der Waals surface area contributed by atoms with Gasteiger partial charge in [0, 0.05) is 24.0 Å². The number of pyridine rings is 1. The zero-order valence-electron chi connectivity index (χ0n) is 11.6. The number of aromatic nitrogens is 1. The van der Waals surface area contributed by atoms with Gasteiger partial charge in [0.1, 0.15) is 0 Å². The smallest absolute Gasteiger partial charge is 0.306 e. The molecule has 1 aliphatic carbocycles. The van der Waals surface area contributed by atoms with Crippen molar-refractivity contribution in [3.8, 4) is 0 Å². The quantitative estimate of drug-likeness (QED) is 0.881. The lowest BCUT2D eigenvalue weighted by molar-refractivity contribution is -0.144. The van der Waals surface area contributed by atoms with Gasteiger partial charge in [-0.3, -0.25) is 14.6 Å². The number of aryl methyl sites for hydroxylation is 1. The second-order valence-electron chi connectivity index (χ2n) is 5.39. The van der Waals surface area contributed by atoms with Crippen LogP contribution >= 0.6 is 0 Å². The van der Waals surface area contributed by atoms with E-state index >= 15 is 0 Å². The predicted molar refractivity (Wildman–Crippen MR) is 74.4 cm³/mol. The van der Waals surface area contributed by atoms with Gasteiger partial charge in [0.15, 0.2) is 0 Å². The maximum absolute atomic E-state index is 12.0. The van der Waals surface area contributed by atoms with E-state index < -0.39 is 5.97 Å². The minimum atomic E-state index is -0.747. The first-order valence-corrected chi connectivity index (χ1v) is 7.01. The van der Waals surface area contributed by atoms with Crippen LogP contribution in [-0.4, -0.2) is 28.5 Å². The molecule has 2 unspecified atom stereocenters. The first-order chi connectivity index (χ1) is 9.58. The molecule has 0 bridgehead atoms. The second-order valence-corrected chi connectivity index (χ2v) is 5.39. The van der Waals surface area contributed by atoms with Gasteiger partial charge in [-0.2, -0.15) is 0 Å². The Bertz CT molecular complexity index is 502. The molecule has 5 heteroatoms. The minimum absolute atomic E-state index is 0.0353. The van der Waals surface area contributed by atoms with Crippen LogP contribution in [0.2, 0.25) is 0 Å². The van der Waals surface area contributed by atoms with E-state index in [1.165, 1.54) is 0 Å². The standard InChI is InChI=1S/C15H20N2O3/c1-10-8-11(6-7-16-10)14(18)17-9-12-4-2-3-5-13(12)15(19)20/h6-8,12-13H,2-5,9H2,1H3,(H,17,18)(H,19,20). The number of aliphatic carboxylic acids is 1. The molecule has 1 aromatic heterocycles. The Balaban J connectivity index is 1.93. The number of carbonyl (C=O) groups is 2. The van der Waals surface area contributed by atoms with Crippen molar-refractivity contribution in [1.82, 2.24) is 10.3 Å². The van der Waals surface area contributed by atoms with E-state index in [1.807, 2.05) is 6.92 Å². The third-order valence-electron chi connectivity index (χ3n) is 3.91. The number of carboxylic acids is 1. The molecular formula is C15H20N2O3. The van der Waals surface area contributed by atoms with Gasteiger partial charge in [-0.1, -0.05) is 12.8 Å². The Morgan fingerprint density at radius 2 is 2.15 bits per heavy atom. The van der Waals surface area contributed by atoms with Gasteiger partial charge in [0.25, 0.3) is 5.91 Å². The molecule has 5 nitrogen and oxygen atoms in total. The van der Waals surface area contributed by atoms with Gasteiger partial charge < -0.3 is 10.4 Å². The van der Waals surface area contributed by atoms with Crippen LogP contribution in [-0.2, 0) is 4.79 Å². The summed E-state index contributed by atoms with van der Waals surface area (Å²) in [6.07, 6.45) is 5.19. The number of carbonyl (C=O) groups excluding carboxylic acids is 1. The molecule has 0 saturated heterocycles. The number of carboxylic acid groups (broad SMARTS) is 1. The molecule has 0 spiro atoms. The summed E-state index contributed by atoms with van der Waals surface area (Å²) in [6, 6.07) is 3.39. The lowest BCUT2D eigenvalue weighted by Gasteiger charge is -2.28. The summed E-state index contributed by atoms with van der Waals surface area (Å²) in [5.74, 6) is -1.20. The van der Waals surface area contributed by atoms with Crippen LogP contribution in [0.4, 0.5) is 0 Å². The molecule has 0 aliphatic heterocycles. The lowest BCUT2D eigenvalue weighted by atomic mass is 9.79. The number of rotatable bonds is 4. The van der Waals surface area contributed by atoms with Crippen LogP contribution in [0.1, 0.15) is 41.7 Å². The first-order valence-electron chi connectivity index (χ1n) is 7.01. The van der Waals surface area contributed by atoms with Crippen LogP contribution in [0.5, 0.6) is 0 Å². The maximum atomic E-state index is 12.0. The van der Waals surface area contributed by atoms with Crippen molar-refractivity contribution >= 4 is 11.9 Å². The molecule has 1 amide bonds. The van der Waals surface area contributed by atoms with Crippen molar-refractivity contribution < 1.29 is 14.7 Å². The Morgan fingerprint density at radius 3 is 2.85 bits per heavy atom. The van der Waals surface area contributed by atoms with E-state index in [-0.39, 0.29) is 17.7 Å². The number of nitrogens with one attached hydrogen (secondary N) is 1. The summed E-state index contributed by atoms with van der Waals surface area (Å²) in [5, 5.41) is 12.1. The monoisotopic (exact) mass is 276 g/mol. The first kappa shape index (κ1) is 14.5. The van der Waals surface area contributed by atoms with Crippen LogP contribution in [0.3, 0.4) is 0 Å². The number of hydrogen-bond donors (Lipinski definition) is 2. The van der Waals surface area contributed by atoms with Gasteiger partial charge in [-0.25, -0.2) is 0 Å². The molecule has 2 rings (SSSR count). The van der Waals surface area contributed by atoms with Gasteiger partial charge >= 0.3 is 5.97 Å². The highest BCUT2D eigenvalue weighted by Crippen LogP contribution is 2.29. The normalized spacial score (nSPS) is 22.2. The number of nitrogens with zero attached hydrogens (tertiary/aromatic N) is 1. The summed E-state index contributed by atoms with van der Waals surface area (Å²) >= 11 is 0. The van der Waals surface area contributed by atoms with Crippen molar-refractivity contribution in [3.05, 3.63) is 29.6 Å². The van der Waals surface area contributed by atoms with Crippen molar-refractivity contribution in [2.24, 2.45) is 11.8 Å². The third-order valence-corrected chi connectivity index (χ3v) is 3.91. The summed E-state index contributed by atoms with van der Waals surface area (Å²) < 4.78 is 0. The highest BCUT2D eigenvalue weighted by atomic mass is 16.4. The van der Waals surface area contributed by atoms with Crippen LogP contribution in [0, 0.1) is 18.8 Å². The molecule has 0 aromatic carbocycles. The predicted octanol–water partition coefficient (Wildman–Crippen LogP) is 2.01. The molecule has 1 heterocycles. The molecule has 2 N–H and O–H groups in total. The van der Waals surface area contributed by atoms with Gasteiger partial charge in [-0.15, -0.1) is 0 Å². The molecule has 0 radical (unpaired) electrons. The number of hydrogen-bond acceptors (Lipinski definition) is 3. The van der Waals surface area contributed by atoms with Gasteiger partial charge in [0.2, 0.25) is 0 Å². The van der Waals surface area contributed by atoms with Crippen molar-refractivity contribution in [1.29, 1.82) is 0 Å². The van der Waals surface area contributed by atoms with Crippen LogP contribution in [0.25, 0.3) is 0 Å². The zero-order chi connectivity index (χ0) is 14.5. The van der Waals surface area contributed by atoms with Crippen molar-refractivity contribution in [2.45, 2.75) is 32.6 Å². The van der Waals surface area contributed by atoms with E-state index in [0.717, 1.165) is 25.0 Å². The SMILES string of the molecule is Cc1cc(C(=O)NCC2CCCCC2C(=O)O)ccn1. The van der Waals surface area contributed by atoms with Gasteiger partial charge in [-0.05, 0) is 37.8 Å². The highest BCUT2D eigenvalue weighted by molar-refractivity contribution is 5.94. The molecule has 108 valence electrons. The fourth-order valence-electron chi connectivity index (χ4n) is 2.79. The average Bonchev–Trinajstić information content (AvgIpc) is 2.45. The molecule has 2 atom stereocenters. The summed E-state index contributed by atoms with van der Waals surface area (Å²) in [7, 11) is 0. The van der Waals surface area contributed by atoms with Gasteiger partial charge in [0.05, 0.1) is 5.92 Å². The van der Waals surface area contributed by atoms with Crippen molar-refractivity contribution in [3.63, 3.8) is 0 Å². The molecule has 20 heavy (non-hydrogen) atoms. The fourth-order valence-corrected chi connectivity index (χ4v) is 2.79. The third kappa shape index (κ3) is 3.56. The Morgan fingerprint density at radius 1 is 1.40 bits per heavy atom. The maximum Gasteiger partial charge on any atom is 0.306 e. The summed E-state index contributed by atoms with van der Waals surface area (Å²) in [5.41, 5.74) is 1.36. The Labute approximate surface area is 118 Å². The van der Waals surface area contributed by atoms with E-state index in [2.05, 4.69) is 10.3 Å². The largest absolute Gasteiger partial charge is 0.481 e. The fraction of sp³-hybridized carbons (Fsp3) is 0.533. The molecular weight excluding hydrogens is 256 g/mol. The van der Waals surface area contributed by atoms with Crippen molar-refractivity contribution in [2.75, 3.05) is 6.54 Å². The minimum Gasteiger partial charge on any atom is -0.481 e. The zero-order valence-corrected chi connectivity index (χ0v) is 11.6. The molecule has 1 saturated carbocycles. The molecule has 1 fully saturated rings. The topological polar surface area (TPSA) is 79.3 Å². The average molecular weight is 276 g/mol. The Kier molecular flexibility index (Phi) is 4.71. The second kappa shape index (κ2) is 6.50. The van der Waals surface area contributed by atoms with E-state index in [0.29, 0.717) is 18.5 Å². The summed E-state index contributed by atoms with van der Waals surface area (Å²) in [4.78, 5) is 27.3. The van der Waals surface area contributed by atoms with E-state index in [4.69, 9.17) is 0 Å². The number of amides is 1. The van der Waals surface area contributed by atoms with Crippen LogP contribution in [0.15, 0.2) is 18.3 Å². The highest BCUT2D eigenvalue weighted by Gasteiger charge is 2.30. The molecule has 1 aliphatic rings. The molecule has 1 aromatic rings. The van der Waals surface area contributed by atoms with E-state index in [1.54, 1.807) is 18.3 Å². The Hall–Kier alpha value is -1.91. The summed E-state index contributed by atoms with van der Waals surface area (Å²) in [6.45, 7) is 2.26. The lowest BCUT2D eigenvalue weighted by Crippen LogP contribution is -2.37. The van der Waals surface area contributed by atoms with Crippen LogP contribution < -0.4 is 5.32 Å².